The van der Waals surface area contributed by atoms with Crippen molar-refractivity contribution < 1.29 is 14.3 Å². The summed E-state index contributed by atoms with van der Waals surface area (Å²) in [7, 11) is 1.50. The van der Waals surface area contributed by atoms with E-state index in [1.807, 2.05) is 6.92 Å². The monoisotopic (exact) mass is 359 g/mol. The number of likely N-dealkylation sites (tertiary alicyclic amines) is 1. The van der Waals surface area contributed by atoms with Crippen LogP contribution in [0.25, 0.3) is 0 Å². The molecule has 0 aromatic carbocycles. The van der Waals surface area contributed by atoms with Crippen molar-refractivity contribution in [1.29, 1.82) is 0 Å². The lowest BCUT2D eigenvalue weighted by Gasteiger charge is -2.31. The number of rotatable bonds is 6. The maximum atomic E-state index is 12.3. The highest BCUT2D eigenvalue weighted by atomic mass is 35.5. The first-order chi connectivity index (χ1) is 11.0. The van der Waals surface area contributed by atoms with Gasteiger partial charge in [0.05, 0.1) is 16.6 Å². The van der Waals surface area contributed by atoms with Crippen LogP contribution in [0.2, 0.25) is 4.34 Å². The van der Waals surface area contributed by atoms with E-state index in [9.17, 15) is 9.59 Å². The number of hydrogen-bond donors (Lipinski definition) is 1. The molecular weight excluding hydrogens is 338 g/mol. The van der Waals surface area contributed by atoms with Crippen molar-refractivity contribution in [2.45, 2.75) is 26.2 Å². The van der Waals surface area contributed by atoms with Gasteiger partial charge in [-0.2, -0.15) is 0 Å². The average molecular weight is 360 g/mol. The highest BCUT2D eigenvalue weighted by Gasteiger charge is 2.28. The van der Waals surface area contributed by atoms with Gasteiger partial charge >= 0.3 is 0 Å². The van der Waals surface area contributed by atoms with Crippen LogP contribution in [0.1, 0.15) is 23.5 Å². The number of hydrogen-bond acceptors (Lipinski definition) is 5. The largest absolute Gasteiger partial charge is 0.375 e. The summed E-state index contributed by atoms with van der Waals surface area (Å²) in [5, 5.41) is 3.86. The molecule has 1 aromatic rings. The molecule has 1 fully saturated rings. The summed E-state index contributed by atoms with van der Waals surface area (Å²) in [6.07, 6.45) is 2.32. The lowest BCUT2D eigenvalue weighted by atomic mass is 9.97. The van der Waals surface area contributed by atoms with Gasteiger partial charge in [-0.25, -0.2) is 4.98 Å². The minimum atomic E-state index is -0.147. The summed E-state index contributed by atoms with van der Waals surface area (Å²) < 4.78 is 5.57. The van der Waals surface area contributed by atoms with Crippen molar-refractivity contribution in [2.75, 3.05) is 33.4 Å². The fourth-order valence-electron chi connectivity index (χ4n) is 2.61. The number of methoxy groups -OCH3 is 1. The average Bonchev–Trinajstić information content (AvgIpc) is 2.86. The number of aryl methyl sites for hydroxylation is 1. The quantitative estimate of drug-likeness (QED) is 0.838. The topological polar surface area (TPSA) is 71.5 Å². The van der Waals surface area contributed by atoms with E-state index in [0.29, 0.717) is 30.4 Å². The van der Waals surface area contributed by atoms with Crippen LogP contribution in [-0.4, -0.2) is 55.0 Å². The first kappa shape index (κ1) is 18.2. The third kappa shape index (κ3) is 5.16. The predicted molar refractivity (Wildman–Crippen MR) is 89.8 cm³/mol. The molecule has 1 aliphatic rings. The minimum absolute atomic E-state index is 0.000656. The third-order valence-electron chi connectivity index (χ3n) is 3.84. The summed E-state index contributed by atoms with van der Waals surface area (Å²) in [6.45, 7) is 3.64. The van der Waals surface area contributed by atoms with E-state index in [4.69, 9.17) is 16.3 Å². The van der Waals surface area contributed by atoms with E-state index >= 15 is 0 Å². The molecule has 2 rings (SSSR count). The second-order valence-electron chi connectivity index (χ2n) is 5.62. The maximum Gasteiger partial charge on any atom is 0.248 e. The lowest BCUT2D eigenvalue weighted by molar-refractivity contribution is -0.138. The summed E-state index contributed by atoms with van der Waals surface area (Å²) in [6, 6.07) is 0. The second-order valence-corrected chi connectivity index (χ2v) is 7.31. The van der Waals surface area contributed by atoms with Gasteiger partial charge in [-0.05, 0) is 19.8 Å². The van der Waals surface area contributed by atoms with E-state index in [2.05, 4.69) is 10.3 Å². The first-order valence-electron chi connectivity index (χ1n) is 7.67. The van der Waals surface area contributed by atoms with Gasteiger partial charge in [-0.15, -0.1) is 11.3 Å². The highest BCUT2D eigenvalue weighted by Crippen LogP contribution is 2.23. The standard InChI is InChI=1S/C15H22ClN3O3S/c1-10-14(16)23-12(18-10)5-6-17-15(21)11-4-3-7-19(8-11)13(20)9-22-2/h11H,3-9H2,1-2H3,(H,17,21)/t11-/m1/s1. The van der Waals surface area contributed by atoms with Gasteiger partial charge in [0.25, 0.3) is 0 Å². The highest BCUT2D eigenvalue weighted by molar-refractivity contribution is 7.16. The van der Waals surface area contributed by atoms with Gasteiger partial charge in [0, 0.05) is 33.2 Å². The molecule has 1 atom stereocenters. The Morgan fingerprint density at radius 2 is 2.30 bits per heavy atom. The van der Waals surface area contributed by atoms with E-state index < -0.39 is 0 Å². The number of carbonyl (C=O) groups excluding carboxylic acids is 2. The fraction of sp³-hybridized carbons (Fsp3) is 0.667. The summed E-state index contributed by atoms with van der Waals surface area (Å²) >= 11 is 7.43. The Labute approximate surface area is 145 Å². The molecule has 0 bridgehead atoms. The Morgan fingerprint density at radius 1 is 1.52 bits per heavy atom. The van der Waals surface area contributed by atoms with Crippen molar-refractivity contribution >= 4 is 34.8 Å². The van der Waals surface area contributed by atoms with Crippen LogP contribution in [-0.2, 0) is 20.7 Å². The number of amides is 2. The van der Waals surface area contributed by atoms with Crippen molar-refractivity contribution in [3.8, 4) is 0 Å². The smallest absolute Gasteiger partial charge is 0.248 e. The molecule has 1 saturated heterocycles. The number of carbonyl (C=O) groups is 2. The minimum Gasteiger partial charge on any atom is -0.375 e. The molecular formula is C15H22ClN3O3S. The molecule has 0 unspecified atom stereocenters. The number of ether oxygens (including phenoxy) is 1. The van der Waals surface area contributed by atoms with Crippen LogP contribution >= 0.6 is 22.9 Å². The number of aromatic nitrogens is 1. The normalized spacial score (nSPS) is 18.0. The SMILES string of the molecule is COCC(=O)N1CCC[C@@H](C(=O)NCCc2nc(C)c(Cl)s2)C1. The fourth-order valence-corrected chi connectivity index (χ4v) is 3.70. The van der Waals surface area contributed by atoms with Gasteiger partial charge in [0.15, 0.2) is 0 Å². The molecule has 2 amide bonds. The third-order valence-corrected chi connectivity index (χ3v) is 5.35. The molecule has 0 saturated carbocycles. The zero-order valence-electron chi connectivity index (χ0n) is 13.4. The molecule has 1 aromatic heterocycles. The Morgan fingerprint density at radius 3 is 2.96 bits per heavy atom. The predicted octanol–water partition coefficient (Wildman–Crippen LogP) is 1.65. The number of nitrogens with zero attached hydrogens (tertiary/aromatic N) is 2. The molecule has 0 aliphatic carbocycles. The van der Waals surface area contributed by atoms with Crippen molar-refractivity contribution in [1.82, 2.24) is 15.2 Å². The van der Waals surface area contributed by atoms with E-state index in [1.165, 1.54) is 18.4 Å². The van der Waals surface area contributed by atoms with Crippen molar-refractivity contribution in [3.05, 3.63) is 15.0 Å². The molecule has 23 heavy (non-hydrogen) atoms. The molecule has 0 radical (unpaired) electrons. The Bertz CT molecular complexity index is 545. The number of piperidine rings is 1. The van der Waals surface area contributed by atoms with E-state index in [0.717, 1.165) is 23.5 Å². The van der Waals surface area contributed by atoms with E-state index in [-0.39, 0.29) is 24.3 Å². The molecule has 128 valence electrons. The maximum absolute atomic E-state index is 12.3. The van der Waals surface area contributed by atoms with Gasteiger partial charge in [0.1, 0.15) is 10.9 Å². The zero-order chi connectivity index (χ0) is 16.8. The van der Waals surface area contributed by atoms with Crippen LogP contribution in [0.5, 0.6) is 0 Å². The molecule has 2 heterocycles. The van der Waals surface area contributed by atoms with Gasteiger partial charge in [-0.1, -0.05) is 11.6 Å². The second kappa shape index (κ2) is 8.61. The molecule has 1 N–H and O–H groups in total. The van der Waals surface area contributed by atoms with E-state index in [1.54, 1.807) is 4.90 Å². The zero-order valence-corrected chi connectivity index (χ0v) is 15.0. The van der Waals surface area contributed by atoms with Crippen LogP contribution in [0.4, 0.5) is 0 Å². The van der Waals surface area contributed by atoms with Gasteiger partial charge in [-0.3, -0.25) is 9.59 Å². The molecule has 8 heteroatoms. The summed E-state index contributed by atoms with van der Waals surface area (Å²) in [5.41, 5.74) is 0.831. The summed E-state index contributed by atoms with van der Waals surface area (Å²) in [4.78, 5) is 30.2. The molecule has 0 spiro atoms. The lowest BCUT2D eigenvalue weighted by Crippen LogP contribution is -2.46. The molecule has 1 aliphatic heterocycles. The van der Waals surface area contributed by atoms with Crippen molar-refractivity contribution in [3.63, 3.8) is 0 Å². The summed E-state index contributed by atoms with van der Waals surface area (Å²) in [5.74, 6) is -0.205. The van der Waals surface area contributed by atoms with Crippen LogP contribution in [0, 0.1) is 12.8 Å². The Hall–Kier alpha value is -1.18. The van der Waals surface area contributed by atoms with Crippen LogP contribution in [0.3, 0.4) is 0 Å². The number of thiazole rings is 1. The Kier molecular flexibility index (Phi) is 6.80. The van der Waals surface area contributed by atoms with Crippen LogP contribution in [0.15, 0.2) is 0 Å². The van der Waals surface area contributed by atoms with Crippen LogP contribution < -0.4 is 5.32 Å². The van der Waals surface area contributed by atoms with Gasteiger partial charge in [0.2, 0.25) is 11.8 Å². The number of halogens is 1. The molecule has 6 nitrogen and oxygen atoms in total. The Balaban J connectivity index is 1.77. The number of nitrogens with one attached hydrogen (secondary N) is 1. The van der Waals surface area contributed by atoms with Gasteiger partial charge < -0.3 is 15.0 Å². The first-order valence-corrected chi connectivity index (χ1v) is 8.87. The van der Waals surface area contributed by atoms with Crippen molar-refractivity contribution in [2.24, 2.45) is 5.92 Å².